The highest BCUT2D eigenvalue weighted by atomic mass is 32.1. The molecule has 5 nitrogen and oxygen atoms in total. The van der Waals surface area contributed by atoms with Crippen molar-refractivity contribution >= 4 is 22.9 Å². The van der Waals surface area contributed by atoms with Gasteiger partial charge in [-0.2, -0.15) is 11.3 Å². The first-order valence-corrected chi connectivity index (χ1v) is 8.30. The van der Waals surface area contributed by atoms with E-state index in [1.807, 2.05) is 36.7 Å². The summed E-state index contributed by atoms with van der Waals surface area (Å²) >= 11 is 1.51. The lowest BCUT2D eigenvalue weighted by molar-refractivity contribution is 0.0831. The van der Waals surface area contributed by atoms with E-state index in [2.05, 4.69) is 5.32 Å². The second-order valence-electron chi connectivity index (χ2n) is 5.67. The Bertz CT molecular complexity index is 638. The maximum atomic E-state index is 12.1. The summed E-state index contributed by atoms with van der Waals surface area (Å²) in [6.45, 7) is 2.70. The summed E-state index contributed by atoms with van der Waals surface area (Å²) in [6, 6.07) is 7.12. The van der Waals surface area contributed by atoms with Gasteiger partial charge in [-0.3, -0.25) is 4.79 Å². The van der Waals surface area contributed by atoms with Gasteiger partial charge in [0.2, 0.25) is 0 Å². The summed E-state index contributed by atoms with van der Waals surface area (Å²) in [6.07, 6.45) is -0.536. The molecule has 0 aliphatic heterocycles. The van der Waals surface area contributed by atoms with Gasteiger partial charge in [-0.15, -0.1) is 0 Å². The third-order valence-corrected chi connectivity index (χ3v) is 4.09. The number of amides is 1. The second kappa shape index (κ2) is 8.10. The van der Waals surface area contributed by atoms with Gasteiger partial charge in [0.25, 0.3) is 5.91 Å². The fraction of sp³-hybridized carbons (Fsp3) is 0.353. The van der Waals surface area contributed by atoms with Crippen LogP contribution in [0.4, 0.5) is 5.69 Å². The number of thiophene rings is 1. The zero-order chi connectivity index (χ0) is 16.8. The number of aryl methyl sites for hydroxylation is 1. The summed E-state index contributed by atoms with van der Waals surface area (Å²) < 4.78 is 5.53. The third-order valence-electron chi connectivity index (χ3n) is 3.23. The predicted molar refractivity (Wildman–Crippen MR) is 93.5 cm³/mol. The van der Waals surface area contributed by atoms with Crippen LogP contribution in [0.5, 0.6) is 5.75 Å². The number of carbonyl (C=O) groups excluding carboxylic acids is 1. The van der Waals surface area contributed by atoms with Crippen molar-refractivity contribution in [1.82, 2.24) is 4.90 Å². The number of aliphatic hydroxyl groups is 1. The van der Waals surface area contributed by atoms with E-state index in [-0.39, 0.29) is 12.5 Å². The fourth-order valence-electron chi connectivity index (χ4n) is 2.09. The van der Waals surface area contributed by atoms with Gasteiger partial charge in [0.15, 0.2) is 0 Å². The van der Waals surface area contributed by atoms with Gasteiger partial charge in [0.1, 0.15) is 18.5 Å². The van der Waals surface area contributed by atoms with E-state index < -0.39 is 6.10 Å². The molecule has 0 unspecified atom stereocenters. The summed E-state index contributed by atoms with van der Waals surface area (Å²) in [7, 11) is 3.80. The monoisotopic (exact) mass is 334 g/mol. The number of nitrogens with one attached hydrogen (secondary N) is 1. The van der Waals surface area contributed by atoms with Crippen LogP contribution in [0.15, 0.2) is 35.0 Å². The Labute approximate surface area is 140 Å². The van der Waals surface area contributed by atoms with Gasteiger partial charge in [0.05, 0.1) is 5.56 Å². The van der Waals surface area contributed by atoms with Crippen LogP contribution in [0, 0.1) is 6.92 Å². The number of carbonyl (C=O) groups is 1. The van der Waals surface area contributed by atoms with Gasteiger partial charge in [-0.1, -0.05) is 0 Å². The molecule has 0 radical (unpaired) electrons. The van der Waals surface area contributed by atoms with E-state index in [9.17, 15) is 9.90 Å². The molecule has 1 aromatic carbocycles. The van der Waals surface area contributed by atoms with Crippen LogP contribution in [-0.2, 0) is 0 Å². The molecule has 1 aromatic heterocycles. The largest absolute Gasteiger partial charge is 0.491 e. The zero-order valence-electron chi connectivity index (χ0n) is 13.6. The lowest BCUT2D eigenvalue weighted by Crippen LogP contribution is -2.30. The van der Waals surface area contributed by atoms with E-state index in [0.717, 1.165) is 5.56 Å². The molecular weight excluding hydrogens is 312 g/mol. The van der Waals surface area contributed by atoms with Crippen molar-refractivity contribution in [1.29, 1.82) is 0 Å². The van der Waals surface area contributed by atoms with Crippen molar-refractivity contribution in [2.24, 2.45) is 0 Å². The average molecular weight is 334 g/mol. The molecule has 2 rings (SSSR count). The smallest absolute Gasteiger partial charge is 0.256 e. The van der Waals surface area contributed by atoms with Crippen molar-refractivity contribution in [3.8, 4) is 5.75 Å². The van der Waals surface area contributed by atoms with E-state index in [1.54, 1.807) is 24.3 Å². The summed E-state index contributed by atoms with van der Waals surface area (Å²) in [5.74, 6) is 0.548. The number of benzene rings is 1. The number of aliphatic hydroxyl groups excluding tert-OH is 1. The first-order chi connectivity index (χ1) is 11.0. The average Bonchev–Trinajstić information content (AvgIpc) is 2.92. The molecule has 0 saturated heterocycles. The SMILES string of the molecule is Cc1cscc1C(=O)Nc1ccc(OC[C@@H](O)CN(C)C)cc1. The molecule has 0 bridgehead atoms. The summed E-state index contributed by atoms with van der Waals surface area (Å²) in [4.78, 5) is 14.0. The van der Waals surface area contributed by atoms with Crippen molar-refractivity contribution < 1.29 is 14.6 Å². The number of rotatable bonds is 7. The number of ether oxygens (including phenoxy) is 1. The van der Waals surface area contributed by atoms with Crippen LogP contribution in [-0.4, -0.2) is 49.3 Å². The maximum absolute atomic E-state index is 12.1. The quantitative estimate of drug-likeness (QED) is 0.817. The molecule has 0 aliphatic rings. The molecular formula is C17H22N2O3S. The van der Waals surface area contributed by atoms with Crippen LogP contribution < -0.4 is 10.1 Å². The number of hydrogen-bond donors (Lipinski definition) is 2. The van der Waals surface area contributed by atoms with E-state index in [0.29, 0.717) is 23.5 Å². The van der Waals surface area contributed by atoms with Gasteiger partial charge < -0.3 is 20.1 Å². The summed E-state index contributed by atoms with van der Waals surface area (Å²) in [5, 5.41) is 16.4. The highest BCUT2D eigenvalue weighted by Gasteiger charge is 2.10. The molecule has 2 N–H and O–H groups in total. The molecule has 1 heterocycles. The number of hydrogen-bond acceptors (Lipinski definition) is 5. The fourth-order valence-corrected chi connectivity index (χ4v) is 2.92. The van der Waals surface area contributed by atoms with E-state index in [4.69, 9.17) is 4.74 Å². The molecule has 0 aliphatic carbocycles. The Morgan fingerprint density at radius 3 is 2.57 bits per heavy atom. The lowest BCUT2D eigenvalue weighted by atomic mass is 10.2. The van der Waals surface area contributed by atoms with Gasteiger partial charge >= 0.3 is 0 Å². The predicted octanol–water partition coefficient (Wildman–Crippen LogP) is 2.61. The third kappa shape index (κ3) is 5.35. The number of anilines is 1. The Balaban J connectivity index is 1.87. The minimum Gasteiger partial charge on any atom is -0.491 e. The van der Waals surface area contributed by atoms with Crippen molar-refractivity contribution in [3.05, 3.63) is 46.2 Å². The molecule has 0 saturated carbocycles. The molecule has 124 valence electrons. The van der Waals surface area contributed by atoms with Crippen LogP contribution >= 0.6 is 11.3 Å². The van der Waals surface area contributed by atoms with Gasteiger partial charge in [-0.05, 0) is 56.2 Å². The van der Waals surface area contributed by atoms with E-state index in [1.165, 1.54) is 11.3 Å². The van der Waals surface area contributed by atoms with Crippen LogP contribution in [0.25, 0.3) is 0 Å². The van der Waals surface area contributed by atoms with Gasteiger partial charge in [0, 0.05) is 17.6 Å². The molecule has 1 atom stereocenters. The van der Waals surface area contributed by atoms with Crippen LogP contribution in [0.2, 0.25) is 0 Å². The van der Waals surface area contributed by atoms with E-state index >= 15 is 0 Å². The van der Waals surface area contributed by atoms with Crippen molar-refractivity contribution in [3.63, 3.8) is 0 Å². The Morgan fingerprint density at radius 1 is 1.30 bits per heavy atom. The standard InChI is InChI=1S/C17H22N2O3S/c1-12-10-23-11-16(12)17(21)18-13-4-6-15(7-5-13)22-9-14(20)8-19(2)3/h4-7,10-11,14,20H,8-9H2,1-3H3,(H,18,21)/t14-/m0/s1. The normalized spacial score (nSPS) is 12.2. The zero-order valence-corrected chi connectivity index (χ0v) is 14.4. The molecule has 2 aromatic rings. The maximum Gasteiger partial charge on any atom is 0.256 e. The molecule has 6 heteroatoms. The Morgan fingerprint density at radius 2 is 2.00 bits per heavy atom. The van der Waals surface area contributed by atoms with Crippen molar-refractivity contribution in [2.75, 3.05) is 32.6 Å². The molecule has 0 fully saturated rings. The van der Waals surface area contributed by atoms with Crippen LogP contribution in [0.3, 0.4) is 0 Å². The first kappa shape index (κ1) is 17.5. The van der Waals surface area contributed by atoms with Crippen molar-refractivity contribution in [2.45, 2.75) is 13.0 Å². The van der Waals surface area contributed by atoms with Gasteiger partial charge in [-0.25, -0.2) is 0 Å². The first-order valence-electron chi connectivity index (χ1n) is 7.35. The molecule has 23 heavy (non-hydrogen) atoms. The highest BCUT2D eigenvalue weighted by molar-refractivity contribution is 7.08. The number of nitrogens with zero attached hydrogens (tertiary/aromatic N) is 1. The summed E-state index contributed by atoms with van der Waals surface area (Å²) in [5.41, 5.74) is 2.38. The minimum atomic E-state index is -0.536. The Kier molecular flexibility index (Phi) is 6.15. The number of likely N-dealkylation sites (N-methyl/N-ethyl adjacent to an activating group) is 1. The minimum absolute atomic E-state index is 0.112. The molecule has 0 spiro atoms. The topological polar surface area (TPSA) is 61.8 Å². The lowest BCUT2D eigenvalue weighted by Gasteiger charge is -2.16. The Hall–Kier alpha value is -1.89. The van der Waals surface area contributed by atoms with Crippen LogP contribution in [0.1, 0.15) is 15.9 Å². The molecule has 1 amide bonds. The highest BCUT2D eigenvalue weighted by Crippen LogP contribution is 2.19. The second-order valence-corrected chi connectivity index (χ2v) is 6.42.